The number of benzene rings is 2. The zero-order chi connectivity index (χ0) is 29.5. The number of nitrogens with one attached hydrogen (secondary N) is 2. The molecular formula is C29H30N4O8. The van der Waals surface area contributed by atoms with Gasteiger partial charge in [-0.1, -0.05) is 71.0 Å². The van der Waals surface area contributed by atoms with Gasteiger partial charge in [0.05, 0.1) is 7.11 Å². The Morgan fingerprint density at radius 3 is 1.59 bits per heavy atom. The maximum atomic E-state index is 11.8. The van der Waals surface area contributed by atoms with Crippen molar-refractivity contribution < 1.29 is 38.1 Å². The normalized spacial score (nSPS) is 10.2. The van der Waals surface area contributed by atoms with Crippen LogP contribution in [-0.4, -0.2) is 59.4 Å². The molecule has 41 heavy (non-hydrogen) atoms. The van der Waals surface area contributed by atoms with Crippen molar-refractivity contribution in [3.05, 3.63) is 84.3 Å². The molecule has 0 aliphatic heterocycles. The number of aromatic nitrogens is 2. The van der Waals surface area contributed by atoms with Crippen LogP contribution < -0.4 is 10.6 Å². The van der Waals surface area contributed by atoms with Gasteiger partial charge in [0, 0.05) is 49.2 Å². The van der Waals surface area contributed by atoms with Gasteiger partial charge in [0.1, 0.15) is 11.4 Å². The van der Waals surface area contributed by atoms with Crippen LogP contribution in [-0.2, 0) is 14.3 Å². The van der Waals surface area contributed by atoms with Crippen LogP contribution >= 0.6 is 0 Å². The number of amides is 2. The molecule has 0 atom stereocenters. The monoisotopic (exact) mass is 562 g/mol. The van der Waals surface area contributed by atoms with Gasteiger partial charge in [-0.3, -0.25) is 19.2 Å². The highest BCUT2D eigenvalue weighted by molar-refractivity contribution is 5.92. The lowest BCUT2D eigenvalue weighted by Gasteiger charge is -2.01. The Morgan fingerprint density at radius 1 is 0.732 bits per heavy atom. The number of hydrogen-bond acceptors (Lipinski definition) is 9. The second-order valence-corrected chi connectivity index (χ2v) is 8.57. The molecule has 0 saturated heterocycles. The highest BCUT2D eigenvalue weighted by atomic mass is 16.5. The molecular weight excluding hydrogens is 532 g/mol. The molecule has 0 fully saturated rings. The largest absolute Gasteiger partial charge is 0.481 e. The first kappa shape index (κ1) is 30.3. The molecule has 2 heterocycles. The smallest absolute Gasteiger partial charge is 0.305 e. The second-order valence-electron chi connectivity index (χ2n) is 8.57. The van der Waals surface area contributed by atoms with E-state index < -0.39 is 11.9 Å². The highest BCUT2D eigenvalue weighted by Gasteiger charge is 2.14. The second kappa shape index (κ2) is 16.0. The Hall–Kier alpha value is -5.26. The summed E-state index contributed by atoms with van der Waals surface area (Å²) in [6.07, 6.45) is 1.17. The van der Waals surface area contributed by atoms with Crippen LogP contribution in [0.1, 0.15) is 46.8 Å². The number of rotatable bonds is 12. The summed E-state index contributed by atoms with van der Waals surface area (Å²) in [6, 6.07) is 22.0. The number of carboxylic acids is 1. The minimum Gasteiger partial charge on any atom is -0.481 e. The van der Waals surface area contributed by atoms with Crippen molar-refractivity contribution in [3.8, 4) is 22.5 Å². The molecule has 2 aromatic heterocycles. The predicted molar refractivity (Wildman–Crippen MR) is 147 cm³/mol. The topological polar surface area (TPSA) is 174 Å². The number of hydrogen-bond donors (Lipinski definition) is 3. The summed E-state index contributed by atoms with van der Waals surface area (Å²) in [4.78, 5) is 44.8. The van der Waals surface area contributed by atoms with Crippen LogP contribution in [0, 0.1) is 0 Å². The average Bonchev–Trinajstić information content (AvgIpc) is 3.70. The Morgan fingerprint density at radius 2 is 1.17 bits per heavy atom. The van der Waals surface area contributed by atoms with E-state index in [4.69, 9.17) is 14.2 Å². The molecule has 214 valence electrons. The van der Waals surface area contributed by atoms with E-state index >= 15 is 0 Å². The molecule has 2 aromatic carbocycles. The zero-order valence-corrected chi connectivity index (χ0v) is 22.4. The average molecular weight is 563 g/mol. The number of methoxy groups -OCH3 is 1. The molecule has 12 nitrogen and oxygen atoms in total. The third kappa shape index (κ3) is 10.1. The number of nitrogens with zero attached hydrogens (tertiary/aromatic N) is 2. The molecule has 4 rings (SSSR count). The van der Waals surface area contributed by atoms with E-state index in [2.05, 4.69) is 25.7 Å². The molecule has 0 aliphatic rings. The summed E-state index contributed by atoms with van der Waals surface area (Å²) in [5.41, 5.74) is 2.93. The van der Waals surface area contributed by atoms with Crippen LogP contribution in [0.5, 0.6) is 0 Å². The van der Waals surface area contributed by atoms with Crippen molar-refractivity contribution in [2.24, 2.45) is 0 Å². The van der Waals surface area contributed by atoms with E-state index in [1.807, 2.05) is 60.7 Å². The van der Waals surface area contributed by atoms with Crippen molar-refractivity contribution >= 4 is 23.8 Å². The van der Waals surface area contributed by atoms with E-state index in [9.17, 15) is 19.2 Å². The molecule has 3 N–H and O–H groups in total. The molecule has 0 bridgehead atoms. The Bertz CT molecular complexity index is 1420. The molecule has 0 aliphatic carbocycles. The number of esters is 1. The maximum absolute atomic E-state index is 11.8. The van der Waals surface area contributed by atoms with Crippen LogP contribution in [0.2, 0.25) is 0 Å². The predicted octanol–water partition coefficient (Wildman–Crippen LogP) is 3.96. The van der Waals surface area contributed by atoms with Gasteiger partial charge in [-0.15, -0.1) is 0 Å². The van der Waals surface area contributed by atoms with Gasteiger partial charge in [-0.2, -0.15) is 0 Å². The Balaban J connectivity index is 0.000000226. The summed E-state index contributed by atoms with van der Waals surface area (Å²) >= 11 is 0. The van der Waals surface area contributed by atoms with Crippen LogP contribution in [0.15, 0.2) is 81.8 Å². The Kier molecular flexibility index (Phi) is 11.8. The van der Waals surface area contributed by atoms with Crippen molar-refractivity contribution in [1.29, 1.82) is 0 Å². The Labute approximate surface area is 235 Å². The number of carbonyl (C=O) groups excluding carboxylic acids is 3. The minimum absolute atomic E-state index is 0.0198. The number of ether oxygens (including phenoxy) is 1. The third-order valence-corrected chi connectivity index (χ3v) is 5.53. The molecule has 12 heteroatoms. The van der Waals surface area contributed by atoms with Gasteiger partial charge < -0.3 is 29.5 Å². The van der Waals surface area contributed by atoms with Crippen molar-refractivity contribution in [3.63, 3.8) is 0 Å². The summed E-state index contributed by atoms with van der Waals surface area (Å²) in [5.74, 6) is -1.67. The van der Waals surface area contributed by atoms with Gasteiger partial charge in [0.25, 0.3) is 11.8 Å². The lowest BCUT2D eigenvalue weighted by Crippen LogP contribution is -2.24. The first-order chi connectivity index (χ1) is 19.9. The molecule has 4 aromatic rings. The number of aliphatic carboxylic acids is 1. The van der Waals surface area contributed by atoms with E-state index in [0.717, 1.165) is 11.1 Å². The first-order valence-electron chi connectivity index (χ1n) is 12.8. The van der Waals surface area contributed by atoms with Crippen molar-refractivity contribution in [2.75, 3.05) is 20.2 Å². The van der Waals surface area contributed by atoms with Crippen LogP contribution in [0.4, 0.5) is 0 Å². The fourth-order valence-electron chi connectivity index (χ4n) is 3.41. The standard InChI is InChI=1S/C15H16N2O4.C14H14N2O4/c1-20-14(18)8-5-9-16-15(19)13-10-12(17-21-13)11-6-3-2-4-7-11;17-13(18)7-4-8-15-14(19)12-9-11(16-20-12)10-5-2-1-3-6-10/h2-4,6-7,10H,5,8-9H2,1H3,(H,16,19);1-3,5-6,9H,4,7-8H2,(H,15,19)(H,17,18). The summed E-state index contributed by atoms with van der Waals surface area (Å²) in [6.45, 7) is 0.655. The van der Waals surface area contributed by atoms with Gasteiger partial charge in [-0.25, -0.2) is 0 Å². The molecule has 0 unspecified atom stereocenters. The molecule has 0 saturated carbocycles. The fourth-order valence-corrected chi connectivity index (χ4v) is 3.41. The fraction of sp³-hybridized carbons (Fsp3) is 0.241. The molecule has 0 spiro atoms. The third-order valence-electron chi connectivity index (χ3n) is 5.53. The van der Waals surface area contributed by atoms with E-state index in [1.165, 1.54) is 7.11 Å². The van der Waals surface area contributed by atoms with Gasteiger partial charge in [0.15, 0.2) is 0 Å². The lowest BCUT2D eigenvalue weighted by atomic mass is 10.1. The number of carbonyl (C=O) groups is 4. The van der Waals surface area contributed by atoms with E-state index in [-0.39, 0.29) is 42.8 Å². The molecule has 2 amide bonds. The van der Waals surface area contributed by atoms with E-state index in [0.29, 0.717) is 30.8 Å². The van der Waals surface area contributed by atoms with Gasteiger partial charge in [0.2, 0.25) is 11.5 Å². The summed E-state index contributed by atoms with van der Waals surface area (Å²) in [5, 5.41) is 21.4. The van der Waals surface area contributed by atoms with Crippen molar-refractivity contribution in [1.82, 2.24) is 20.9 Å². The quantitative estimate of drug-likeness (QED) is 0.169. The minimum atomic E-state index is -0.884. The van der Waals surface area contributed by atoms with Gasteiger partial charge >= 0.3 is 11.9 Å². The lowest BCUT2D eigenvalue weighted by molar-refractivity contribution is -0.140. The van der Waals surface area contributed by atoms with Crippen LogP contribution in [0.25, 0.3) is 22.5 Å². The summed E-state index contributed by atoms with van der Waals surface area (Å²) in [7, 11) is 1.33. The molecule has 0 radical (unpaired) electrons. The summed E-state index contributed by atoms with van der Waals surface area (Å²) < 4.78 is 14.5. The van der Waals surface area contributed by atoms with Crippen LogP contribution in [0.3, 0.4) is 0 Å². The van der Waals surface area contributed by atoms with Crippen molar-refractivity contribution in [2.45, 2.75) is 25.7 Å². The zero-order valence-electron chi connectivity index (χ0n) is 22.4. The maximum Gasteiger partial charge on any atom is 0.305 e. The SMILES string of the molecule is COC(=O)CCCNC(=O)c1cc(-c2ccccc2)no1.O=C(O)CCCNC(=O)c1cc(-c2ccccc2)no1. The number of carboxylic acid groups (broad SMARTS) is 1. The first-order valence-corrected chi connectivity index (χ1v) is 12.8. The highest BCUT2D eigenvalue weighted by Crippen LogP contribution is 2.19. The van der Waals surface area contributed by atoms with E-state index in [1.54, 1.807) is 12.1 Å². The van der Waals surface area contributed by atoms with Gasteiger partial charge in [-0.05, 0) is 12.8 Å².